The van der Waals surface area contributed by atoms with Gasteiger partial charge in [-0.2, -0.15) is 5.10 Å². The largest absolute Gasteiger partial charge is 0.328 e. The molecule has 0 aliphatic carbocycles. The second kappa shape index (κ2) is 5.63. The van der Waals surface area contributed by atoms with Crippen LogP contribution < -0.4 is 5.73 Å². The van der Waals surface area contributed by atoms with Crippen LogP contribution in [-0.4, -0.2) is 46.1 Å². The Labute approximate surface area is 108 Å². The van der Waals surface area contributed by atoms with Gasteiger partial charge in [-0.3, -0.25) is 14.4 Å². The predicted molar refractivity (Wildman–Crippen MR) is 70.3 cm³/mol. The Kier molecular flexibility index (Phi) is 4.14. The number of carbonyl (C=O) groups excluding carboxylic acids is 1. The lowest BCUT2D eigenvalue weighted by Crippen LogP contribution is -2.42. The Balaban J connectivity index is 1.83. The van der Waals surface area contributed by atoms with Crippen LogP contribution in [0.25, 0.3) is 0 Å². The standard InChI is InChI=1S/C13H22N4O/c1-10-7-12(16(2)15-10)8-13(18)9-17-5-3-11(14)4-6-17/h7,11H,3-6,8-9,14H2,1-2H3. The van der Waals surface area contributed by atoms with E-state index in [0.717, 1.165) is 37.3 Å². The molecule has 0 radical (unpaired) electrons. The van der Waals surface area contributed by atoms with Crippen molar-refractivity contribution in [2.45, 2.75) is 32.2 Å². The molecule has 2 N–H and O–H groups in total. The van der Waals surface area contributed by atoms with Gasteiger partial charge >= 0.3 is 0 Å². The molecule has 5 nitrogen and oxygen atoms in total. The lowest BCUT2D eigenvalue weighted by molar-refractivity contribution is -0.119. The highest BCUT2D eigenvalue weighted by Gasteiger charge is 2.18. The van der Waals surface area contributed by atoms with Gasteiger partial charge in [-0.25, -0.2) is 0 Å². The van der Waals surface area contributed by atoms with Crippen LogP contribution in [0.3, 0.4) is 0 Å². The maximum absolute atomic E-state index is 12.0. The Hall–Kier alpha value is -1.20. The number of aromatic nitrogens is 2. The predicted octanol–water partition coefficient (Wildman–Crippen LogP) is 0.263. The number of hydrogen-bond donors (Lipinski definition) is 1. The number of likely N-dealkylation sites (tertiary alicyclic amines) is 1. The summed E-state index contributed by atoms with van der Waals surface area (Å²) in [5, 5.41) is 4.26. The third kappa shape index (κ3) is 3.40. The van der Waals surface area contributed by atoms with Crippen LogP contribution in [-0.2, 0) is 18.3 Å². The van der Waals surface area contributed by atoms with Gasteiger partial charge in [-0.15, -0.1) is 0 Å². The van der Waals surface area contributed by atoms with E-state index in [1.54, 1.807) is 4.68 Å². The van der Waals surface area contributed by atoms with E-state index in [9.17, 15) is 4.79 Å². The molecule has 1 aliphatic heterocycles. The van der Waals surface area contributed by atoms with Crippen LogP contribution in [0.2, 0.25) is 0 Å². The summed E-state index contributed by atoms with van der Waals surface area (Å²) >= 11 is 0. The number of hydrogen-bond acceptors (Lipinski definition) is 4. The number of rotatable bonds is 4. The first kappa shape index (κ1) is 13.2. The number of nitrogens with zero attached hydrogens (tertiary/aromatic N) is 3. The molecule has 1 saturated heterocycles. The van der Waals surface area contributed by atoms with E-state index in [2.05, 4.69) is 10.00 Å². The van der Waals surface area contributed by atoms with E-state index in [1.165, 1.54) is 0 Å². The summed E-state index contributed by atoms with van der Waals surface area (Å²) in [6, 6.07) is 2.29. The molecule has 0 spiro atoms. The maximum Gasteiger partial charge on any atom is 0.152 e. The number of piperidine rings is 1. The van der Waals surface area contributed by atoms with Gasteiger partial charge in [0.15, 0.2) is 5.78 Å². The fourth-order valence-corrected chi connectivity index (χ4v) is 2.45. The van der Waals surface area contributed by atoms with Crippen molar-refractivity contribution in [3.05, 3.63) is 17.5 Å². The molecule has 0 unspecified atom stereocenters. The minimum Gasteiger partial charge on any atom is -0.328 e. The number of carbonyl (C=O) groups is 1. The molecule has 1 aliphatic rings. The van der Waals surface area contributed by atoms with Gasteiger partial charge in [0, 0.05) is 38.3 Å². The molecule has 2 heterocycles. The Morgan fingerprint density at radius 2 is 2.17 bits per heavy atom. The second-order valence-corrected chi connectivity index (χ2v) is 5.23. The van der Waals surface area contributed by atoms with Crippen molar-refractivity contribution < 1.29 is 4.79 Å². The average molecular weight is 250 g/mol. The van der Waals surface area contributed by atoms with Crippen molar-refractivity contribution in [1.29, 1.82) is 0 Å². The molecule has 0 saturated carbocycles. The van der Waals surface area contributed by atoms with E-state index in [1.807, 2.05) is 20.0 Å². The summed E-state index contributed by atoms with van der Waals surface area (Å²) in [5.74, 6) is 0.258. The lowest BCUT2D eigenvalue weighted by Gasteiger charge is -2.29. The molecular weight excluding hydrogens is 228 g/mol. The quantitative estimate of drug-likeness (QED) is 0.832. The molecule has 1 aromatic rings. The van der Waals surface area contributed by atoms with Gasteiger partial charge in [-0.1, -0.05) is 0 Å². The molecular formula is C13H22N4O. The second-order valence-electron chi connectivity index (χ2n) is 5.23. The highest BCUT2D eigenvalue weighted by Crippen LogP contribution is 2.09. The third-order valence-corrected chi connectivity index (χ3v) is 3.51. The van der Waals surface area contributed by atoms with Crippen LogP contribution in [0.15, 0.2) is 6.07 Å². The number of ketones is 1. The van der Waals surface area contributed by atoms with Crippen molar-refractivity contribution in [3.8, 4) is 0 Å². The molecule has 18 heavy (non-hydrogen) atoms. The van der Waals surface area contributed by atoms with Gasteiger partial charge in [0.1, 0.15) is 0 Å². The SMILES string of the molecule is Cc1cc(CC(=O)CN2CCC(N)CC2)n(C)n1. The first-order valence-electron chi connectivity index (χ1n) is 6.54. The van der Waals surface area contributed by atoms with Crippen LogP contribution in [0, 0.1) is 6.92 Å². The normalized spacial score (nSPS) is 18.2. The van der Waals surface area contributed by atoms with Crippen molar-refractivity contribution >= 4 is 5.78 Å². The molecule has 0 amide bonds. The summed E-state index contributed by atoms with van der Waals surface area (Å²) < 4.78 is 1.79. The summed E-state index contributed by atoms with van der Waals surface area (Å²) in [5.41, 5.74) is 7.80. The molecule has 0 bridgehead atoms. The zero-order valence-corrected chi connectivity index (χ0v) is 11.2. The summed E-state index contributed by atoms with van der Waals surface area (Å²) in [6.07, 6.45) is 2.47. The monoisotopic (exact) mass is 250 g/mol. The van der Waals surface area contributed by atoms with Gasteiger partial charge < -0.3 is 5.73 Å². The maximum atomic E-state index is 12.0. The van der Waals surface area contributed by atoms with Crippen LogP contribution in [0.5, 0.6) is 0 Å². The zero-order chi connectivity index (χ0) is 13.1. The highest BCUT2D eigenvalue weighted by atomic mass is 16.1. The number of aryl methyl sites for hydroxylation is 2. The smallest absolute Gasteiger partial charge is 0.152 e. The zero-order valence-electron chi connectivity index (χ0n) is 11.2. The minimum absolute atomic E-state index is 0.258. The Morgan fingerprint density at radius 1 is 1.50 bits per heavy atom. The van der Waals surface area contributed by atoms with Crippen LogP contribution in [0.4, 0.5) is 0 Å². The van der Waals surface area contributed by atoms with Crippen LogP contribution >= 0.6 is 0 Å². The van der Waals surface area contributed by atoms with E-state index >= 15 is 0 Å². The van der Waals surface area contributed by atoms with Crippen molar-refractivity contribution in [1.82, 2.24) is 14.7 Å². The molecule has 2 rings (SSSR count). The lowest BCUT2D eigenvalue weighted by atomic mass is 10.1. The van der Waals surface area contributed by atoms with E-state index < -0.39 is 0 Å². The Morgan fingerprint density at radius 3 is 2.72 bits per heavy atom. The van der Waals surface area contributed by atoms with Gasteiger partial charge in [0.25, 0.3) is 0 Å². The van der Waals surface area contributed by atoms with Gasteiger partial charge in [0.2, 0.25) is 0 Å². The Bertz CT molecular complexity index is 419. The highest BCUT2D eigenvalue weighted by molar-refractivity contribution is 5.82. The topological polar surface area (TPSA) is 64.2 Å². The van der Waals surface area contributed by atoms with E-state index in [-0.39, 0.29) is 5.78 Å². The number of Topliss-reactive ketones (excluding diaryl/α,β-unsaturated/α-hetero) is 1. The van der Waals surface area contributed by atoms with Crippen LogP contribution in [0.1, 0.15) is 24.2 Å². The fraction of sp³-hybridized carbons (Fsp3) is 0.692. The van der Waals surface area contributed by atoms with Crippen molar-refractivity contribution in [3.63, 3.8) is 0 Å². The number of nitrogens with two attached hydrogens (primary N) is 1. The summed E-state index contributed by atoms with van der Waals surface area (Å²) in [4.78, 5) is 14.2. The van der Waals surface area contributed by atoms with E-state index in [4.69, 9.17) is 5.73 Å². The first-order valence-corrected chi connectivity index (χ1v) is 6.54. The van der Waals surface area contributed by atoms with Gasteiger partial charge in [0.05, 0.1) is 12.2 Å². The molecule has 0 aromatic carbocycles. The molecule has 1 aromatic heterocycles. The molecule has 5 heteroatoms. The first-order chi connectivity index (χ1) is 8.54. The van der Waals surface area contributed by atoms with Gasteiger partial charge in [-0.05, 0) is 25.8 Å². The van der Waals surface area contributed by atoms with Crippen molar-refractivity contribution in [2.24, 2.45) is 12.8 Å². The average Bonchev–Trinajstić information content (AvgIpc) is 2.61. The molecule has 100 valence electrons. The fourth-order valence-electron chi connectivity index (χ4n) is 2.45. The third-order valence-electron chi connectivity index (χ3n) is 3.51. The molecule has 0 atom stereocenters. The van der Waals surface area contributed by atoms with Crippen molar-refractivity contribution in [2.75, 3.05) is 19.6 Å². The minimum atomic E-state index is 0.258. The molecule has 1 fully saturated rings. The summed E-state index contributed by atoms with van der Waals surface area (Å²) in [7, 11) is 1.88. The van der Waals surface area contributed by atoms with E-state index in [0.29, 0.717) is 19.0 Å². The summed E-state index contributed by atoms with van der Waals surface area (Å²) in [6.45, 7) is 4.37.